The minimum atomic E-state index is -6.18. The Bertz CT molecular complexity index is 5670. The van der Waals surface area contributed by atoms with Gasteiger partial charge in [-0.1, -0.05) is 207 Å². The number of esters is 9. The van der Waals surface area contributed by atoms with Crippen molar-refractivity contribution in [2.24, 2.45) is 23.2 Å². The molecule has 1 aliphatic rings. The summed E-state index contributed by atoms with van der Waals surface area (Å²) >= 11 is 0. The normalized spacial score (nSPS) is 14.0. The Morgan fingerprint density at radius 1 is 0.316 bits per heavy atom. The Labute approximate surface area is 789 Å². The van der Waals surface area contributed by atoms with E-state index in [1.54, 1.807) is 86.6 Å². The van der Waals surface area contributed by atoms with E-state index in [1.165, 1.54) is 0 Å². The highest BCUT2D eigenvalue weighted by atomic mass is 32.2. The zero-order valence-corrected chi connectivity index (χ0v) is 74.6. The van der Waals surface area contributed by atoms with E-state index >= 15 is 0 Å². The Morgan fingerprint density at radius 3 is 0.842 bits per heavy atom. The molecular weight excluding hydrogens is 1770 g/mol. The van der Waals surface area contributed by atoms with Crippen LogP contribution in [0, 0.1) is 37.0 Å². The van der Waals surface area contributed by atoms with Crippen molar-refractivity contribution in [1.29, 1.82) is 0 Å². The summed E-state index contributed by atoms with van der Waals surface area (Å²) in [5, 5.41) is -9.85. The summed E-state index contributed by atoms with van der Waals surface area (Å²) in [7, 11) is 75.5. The van der Waals surface area contributed by atoms with Crippen LogP contribution in [-0.2, 0) is 174 Å². The second-order valence-electron chi connectivity index (χ2n) is 29.9. The predicted octanol–water partition coefficient (Wildman–Crippen LogP) is 2.94. The Morgan fingerprint density at radius 2 is 0.556 bits per heavy atom. The summed E-state index contributed by atoms with van der Waals surface area (Å²) in [6.45, 7) is -0.956. The van der Waals surface area contributed by atoms with Crippen molar-refractivity contribution < 1.29 is 142 Å². The standard InChI is InChI=1S/C29H29B5F2O9S.C29H23B5F2O9S.C25H24B6O9S/c2*1-15-2-16(9-30)3-21(11-32)24(15)44-27(38)19-6-18(26(37)43-14-29(35,36)46(40,41)42)7-20(8-19)28(39)45-25-22(12-33)4-17(10-31)5-23(25)13-34;1-25(22(32)38-2-3-41(35,36)37,23(33)39-20-16(10-28)4-14(8-26)5-17(20)11-29)24(34)40-21-18(12-30)6-15(9-27)7-19(21)13-31/h2-5,18-20H,6-14H2,1H3,(H,40,41,42);2-8H,9-14H2,1H3,(H,40,41,42);4-7H,2-3,8-13H2,1H3,(H,35,36,37)/p-3. The van der Waals surface area contributed by atoms with Crippen molar-refractivity contribution in [2.45, 2.75) is 152 Å². The number of carbonyl (C=O) groups excluding carboxylic acids is 9. The molecule has 0 N–H and O–H groups in total. The minimum Gasteiger partial charge on any atom is -0.748 e. The molecule has 50 heteroatoms. The largest absolute Gasteiger partial charge is 0.748 e. The Hall–Kier alpha value is -9.74. The van der Waals surface area contributed by atoms with Crippen LogP contribution in [0.4, 0.5) is 17.6 Å². The topological polar surface area (TPSA) is 408 Å². The molecule has 0 heterocycles. The first-order valence-corrected chi connectivity index (χ1v) is 44.5. The second kappa shape index (κ2) is 49.7. The fourth-order valence-electron chi connectivity index (χ4n) is 13.4. The summed E-state index contributed by atoms with van der Waals surface area (Å²) in [6, 6.07) is 22.1. The zero-order chi connectivity index (χ0) is 99.8. The van der Waals surface area contributed by atoms with E-state index in [9.17, 15) is 99.6 Å². The summed E-state index contributed by atoms with van der Waals surface area (Å²) in [4.78, 5) is 120. The van der Waals surface area contributed by atoms with Crippen LogP contribution < -0.4 is 28.4 Å². The maximum Gasteiger partial charge on any atom is 0.367 e. The van der Waals surface area contributed by atoms with Gasteiger partial charge in [0.25, 0.3) is 5.41 Å². The van der Waals surface area contributed by atoms with Gasteiger partial charge in [0, 0.05) is 0 Å². The molecule has 7 aromatic carbocycles. The monoisotopic (exact) mass is 1850 g/mol. The molecule has 0 bridgehead atoms. The average Bonchev–Trinajstić information content (AvgIpc) is 0.773. The highest BCUT2D eigenvalue weighted by Crippen LogP contribution is 2.41. The molecular formula is C83H73B16F4O27S3-3. The number of aryl methyl sites for hydroxylation is 2. The van der Waals surface area contributed by atoms with Crippen molar-refractivity contribution in [1.82, 2.24) is 0 Å². The van der Waals surface area contributed by atoms with Crippen molar-refractivity contribution in [3.63, 3.8) is 0 Å². The van der Waals surface area contributed by atoms with Gasteiger partial charge in [-0.15, -0.1) is 0 Å². The summed E-state index contributed by atoms with van der Waals surface area (Å²) in [5.74, 6) is -16.0. The van der Waals surface area contributed by atoms with E-state index in [0.29, 0.717) is 94.6 Å². The first kappa shape index (κ1) is 112. The number of hydrogen-bond donors (Lipinski definition) is 0. The van der Waals surface area contributed by atoms with Crippen LogP contribution in [0.3, 0.4) is 0 Å². The lowest BCUT2D eigenvalue weighted by Crippen LogP contribution is -2.50. The maximum absolute atomic E-state index is 13.7. The van der Waals surface area contributed by atoms with Crippen LogP contribution in [0.1, 0.15) is 157 Å². The van der Waals surface area contributed by atoms with Gasteiger partial charge in [0.2, 0.25) is 0 Å². The van der Waals surface area contributed by atoms with E-state index in [-0.39, 0.29) is 155 Å². The Balaban J connectivity index is 0.000000308. The van der Waals surface area contributed by atoms with Gasteiger partial charge in [-0.05, 0) is 125 Å². The SMILES string of the molecule is [B]Cc1cc(C)c(OC(=O)C2CC(C(=O)OCC(F)(F)S(=O)(=O)[O-])CC(C(=O)Oc3c(C[B])cc(C[B])cc3C[B])C2)c(C[B])c1.[B]Cc1cc(C)c(OC(=O)c2cc(C(=O)OCC(F)(F)S(=O)(=O)[O-])cc(C(=O)Oc3c(C[B])cc(C[B])cc3C[B])c2)c(C[B])c1.[B]Cc1cc(C[B])c(OC(=O)C(C)(C(=O)OCCS(=O)(=O)[O-])C(=O)Oc2c(C[B])cc(C[B])cc2C[B])c(C[B])c1. The zero-order valence-electron chi connectivity index (χ0n) is 72.2. The molecule has 32 radical (unpaired) electrons. The van der Waals surface area contributed by atoms with Crippen LogP contribution in [0.2, 0.25) is 0 Å². The number of alkyl halides is 4. The van der Waals surface area contributed by atoms with Crippen LogP contribution in [0.25, 0.3) is 0 Å². The third kappa shape index (κ3) is 29.4. The number of halogens is 4. The molecule has 0 saturated heterocycles. The smallest absolute Gasteiger partial charge is 0.367 e. The lowest BCUT2D eigenvalue weighted by molar-refractivity contribution is -0.175. The van der Waals surface area contributed by atoms with Gasteiger partial charge in [-0.2, -0.15) is 17.6 Å². The predicted molar refractivity (Wildman–Crippen MR) is 487 cm³/mol. The van der Waals surface area contributed by atoms with Crippen LogP contribution in [0.5, 0.6) is 34.5 Å². The number of benzene rings is 7. The molecule has 7 aromatic rings. The van der Waals surface area contributed by atoms with Gasteiger partial charge in [0.05, 0.1) is 176 Å². The molecule has 27 nitrogen and oxygen atoms in total. The van der Waals surface area contributed by atoms with Crippen molar-refractivity contribution >= 4 is 210 Å². The van der Waals surface area contributed by atoms with E-state index < -0.39 is 160 Å². The Kier molecular flexibility index (Phi) is 41.8. The molecule has 664 valence electrons. The quantitative estimate of drug-likeness (QED) is 0.0101. The summed E-state index contributed by atoms with van der Waals surface area (Å²) in [5.41, 5.74) is 4.36. The molecule has 8 rings (SSSR count). The average molecular weight is 1850 g/mol. The van der Waals surface area contributed by atoms with Crippen LogP contribution >= 0.6 is 0 Å². The van der Waals surface area contributed by atoms with Gasteiger partial charge >= 0.3 is 64.2 Å². The van der Waals surface area contributed by atoms with E-state index in [2.05, 4.69) is 9.47 Å². The third-order valence-corrected chi connectivity index (χ3v) is 22.8. The van der Waals surface area contributed by atoms with Gasteiger partial charge in [0.1, 0.15) is 41.1 Å². The van der Waals surface area contributed by atoms with Gasteiger partial charge in [-0.3, -0.25) is 19.2 Å². The molecule has 0 aliphatic heterocycles. The molecule has 1 aliphatic carbocycles. The molecule has 0 amide bonds. The van der Waals surface area contributed by atoms with Crippen LogP contribution in [0.15, 0.2) is 91.0 Å². The van der Waals surface area contributed by atoms with E-state index in [1.807, 2.05) is 0 Å². The molecule has 1 fully saturated rings. The van der Waals surface area contributed by atoms with Gasteiger partial charge in [-0.25, -0.2) is 49.2 Å². The van der Waals surface area contributed by atoms with Crippen molar-refractivity contribution in [2.75, 3.05) is 25.6 Å². The van der Waals surface area contributed by atoms with Crippen molar-refractivity contribution in [3.05, 3.63) is 208 Å². The molecule has 3 unspecified atom stereocenters. The molecule has 3 atom stereocenters. The summed E-state index contributed by atoms with van der Waals surface area (Å²) < 4.78 is 200. The van der Waals surface area contributed by atoms with Crippen molar-refractivity contribution in [3.8, 4) is 34.5 Å². The highest BCUT2D eigenvalue weighted by Gasteiger charge is 2.55. The van der Waals surface area contributed by atoms with E-state index in [0.717, 1.165) is 30.7 Å². The molecule has 0 spiro atoms. The highest BCUT2D eigenvalue weighted by molar-refractivity contribution is 7.87. The summed E-state index contributed by atoms with van der Waals surface area (Å²) in [6.07, 6.45) is -0.634. The molecule has 133 heavy (non-hydrogen) atoms. The first-order chi connectivity index (χ1) is 62.4. The number of ether oxygens (including phenoxy) is 9. The number of rotatable bonds is 40. The lowest BCUT2D eigenvalue weighted by Gasteiger charge is -2.32. The maximum atomic E-state index is 13.7. The third-order valence-electron chi connectivity index (χ3n) is 20.5. The number of hydrogen-bond acceptors (Lipinski definition) is 27. The molecule has 0 aromatic heterocycles. The van der Waals surface area contributed by atoms with Gasteiger partial charge in [0.15, 0.2) is 33.5 Å². The first-order valence-electron chi connectivity index (χ1n) is 40.1. The fourth-order valence-corrected chi connectivity index (χ4v) is 14.1. The second-order valence-corrected chi connectivity index (χ2v) is 34.5. The fraction of sp³-hybridized carbons (Fsp3) is 0.386. The van der Waals surface area contributed by atoms with E-state index in [4.69, 9.17) is 159 Å². The van der Waals surface area contributed by atoms with Gasteiger partial charge < -0.3 is 56.3 Å². The number of carbonyl (C=O) groups is 9. The van der Waals surface area contributed by atoms with Crippen LogP contribution in [-0.4, -0.2) is 254 Å². The lowest BCUT2D eigenvalue weighted by atomic mass is 9.75. The molecule has 1 saturated carbocycles. The minimum absolute atomic E-state index is 0.00139.